The first-order valence-electron chi connectivity index (χ1n) is 10.2. The summed E-state index contributed by atoms with van der Waals surface area (Å²) in [5.74, 6) is 0.459. The number of anilines is 1. The van der Waals surface area contributed by atoms with Crippen LogP contribution in [0.2, 0.25) is 0 Å². The minimum Gasteiger partial charge on any atom is -0.455 e. The molecule has 9 heteroatoms. The van der Waals surface area contributed by atoms with Crippen LogP contribution in [0.15, 0.2) is 22.7 Å². The third-order valence-corrected chi connectivity index (χ3v) is 5.35. The summed E-state index contributed by atoms with van der Waals surface area (Å²) in [6.07, 6.45) is 3.92. The molecule has 0 saturated carbocycles. The van der Waals surface area contributed by atoms with Gasteiger partial charge in [-0.25, -0.2) is 0 Å². The highest BCUT2D eigenvalue weighted by molar-refractivity contribution is 6.07. The number of morpholine rings is 1. The van der Waals surface area contributed by atoms with Crippen molar-refractivity contribution in [2.75, 3.05) is 44.7 Å². The molecule has 9 nitrogen and oxygen atoms in total. The van der Waals surface area contributed by atoms with Gasteiger partial charge in [-0.05, 0) is 45.0 Å². The van der Waals surface area contributed by atoms with E-state index in [-0.39, 0.29) is 17.6 Å². The molecule has 0 bridgehead atoms. The molecule has 2 aromatic heterocycles. The summed E-state index contributed by atoms with van der Waals surface area (Å²) in [5.41, 5.74) is 0.775. The number of nitrogens with zero attached hydrogens (tertiary/aromatic N) is 4. The summed E-state index contributed by atoms with van der Waals surface area (Å²) in [5, 5.41) is 7.06. The lowest BCUT2D eigenvalue weighted by Gasteiger charge is -2.27. The van der Waals surface area contributed by atoms with E-state index in [1.807, 2.05) is 13.0 Å². The molecule has 0 unspecified atom stereocenters. The van der Waals surface area contributed by atoms with E-state index in [9.17, 15) is 9.59 Å². The predicted octanol–water partition coefficient (Wildman–Crippen LogP) is 1.82. The minimum absolute atomic E-state index is 0.155. The molecule has 0 atom stereocenters. The Balaban J connectivity index is 1.47. The second-order valence-corrected chi connectivity index (χ2v) is 7.33. The van der Waals surface area contributed by atoms with Crippen molar-refractivity contribution in [2.24, 2.45) is 0 Å². The van der Waals surface area contributed by atoms with E-state index in [0.29, 0.717) is 50.8 Å². The van der Waals surface area contributed by atoms with Gasteiger partial charge in [-0.3, -0.25) is 19.2 Å². The fraction of sp³-hybridized carbons (Fsp3) is 0.550. The van der Waals surface area contributed by atoms with Gasteiger partial charge in [-0.1, -0.05) is 0 Å². The second kappa shape index (κ2) is 8.79. The Morgan fingerprint density at radius 3 is 2.62 bits per heavy atom. The zero-order valence-electron chi connectivity index (χ0n) is 16.7. The average molecular weight is 401 g/mol. The van der Waals surface area contributed by atoms with Crippen LogP contribution in [-0.2, 0) is 17.8 Å². The standard InChI is InChI=1S/C20H27N5O4/c1-2-25-18(20(27)24-9-11-28-12-10-24)16(13-21-25)22-19(26)17-6-5-15(29-17)14-23-7-3-4-8-23/h5-6,13H,2-4,7-12,14H2,1H3,(H,22,26). The lowest BCUT2D eigenvalue weighted by Crippen LogP contribution is -2.41. The van der Waals surface area contributed by atoms with Crippen molar-refractivity contribution in [3.05, 3.63) is 35.5 Å². The van der Waals surface area contributed by atoms with Gasteiger partial charge in [0.2, 0.25) is 0 Å². The zero-order valence-corrected chi connectivity index (χ0v) is 16.7. The van der Waals surface area contributed by atoms with Gasteiger partial charge in [0.15, 0.2) is 5.76 Å². The van der Waals surface area contributed by atoms with E-state index in [4.69, 9.17) is 9.15 Å². The second-order valence-electron chi connectivity index (χ2n) is 7.33. The van der Waals surface area contributed by atoms with Crippen LogP contribution in [-0.4, -0.2) is 70.8 Å². The van der Waals surface area contributed by atoms with Crippen molar-refractivity contribution in [1.82, 2.24) is 19.6 Å². The monoisotopic (exact) mass is 401 g/mol. The third kappa shape index (κ3) is 4.35. The molecule has 0 radical (unpaired) electrons. The van der Waals surface area contributed by atoms with Crippen LogP contribution < -0.4 is 5.32 Å². The van der Waals surface area contributed by atoms with Crippen molar-refractivity contribution < 1.29 is 18.7 Å². The molecule has 2 fully saturated rings. The number of ether oxygens (including phenoxy) is 1. The van der Waals surface area contributed by atoms with Crippen molar-refractivity contribution in [3.8, 4) is 0 Å². The highest BCUT2D eigenvalue weighted by atomic mass is 16.5. The molecule has 0 aliphatic carbocycles. The van der Waals surface area contributed by atoms with Crippen LogP contribution in [0.4, 0.5) is 5.69 Å². The summed E-state index contributed by atoms with van der Waals surface area (Å²) >= 11 is 0. The topological polar surface area (TPSA) is 92.8 Å². The molecule has 4 rings (SSSR count). The number of carbonyl (C=O) groups is 2. The van der Waals surface area contributed by atoms with Gasteiger partial charge in [-0.2, -0.15) is 5.10 Å². The molecule has 0 spiro atoms. The number of aromatic nitrogens is 2. The largest absolute Gasteiger partial charge is 0.455 e. The molecule has 29 heavy (non-hydrogen) atoms. The summed E-state index contributed by atoms with van der Waals surface area (Å²) in [6, 6.07) is 3.51. The van der Waals surface area contributed by atoms with Crippen LogP contribution in [0.25, 0.3) is 0 Å². The Kier molecular flexibility index (Phi) is 5.96. The van der Waals surface area contributed by atoms with E-state index in [1.165, 1.54) is 19.0 Å². The van der Waals surface area contributed by atoms with Gasteiger partial charge in [0.25, 0.3) is 11.8 Å². The molecule has 2 aromatic rings. The summed E-state index contributed by atoms with van der Waals surface area (Å²) in [7, 11) is 0. The van der Waals surface area contributed by atoms with Crippen LogP contribution in [0.1, 0.15) is 46.6 Å². The summed E-state index contributed by atoms with van der Waals surface area (Å²) in [4.78, 5) is 29.8. The number of likely N-dealkylation sites (tertiary alicyclic amines) is 1. The number of amides is 2. The highest BCUT2D eigenvalue weighted by Crippen LogP contribution is 2.21. The SMILES string of the molecule is CCn1ncc(NC(=O)c2ccc(CN3CCCC3)o2)c1C(=O)N1CCOCC1. The first kappa shape index (κ1) is 19.7. The van der Waals surface area contributed by atoms with Gasteiger partial charge in [0.05, 0.1) is 31.6 Å². The molecule has 2 aliphatic heterocycles. The number of hydrogen-bond acceptors (Lipinski definition) is 6. The molecule has 0 aromatic carbocycles. The lowest BCUT2D eigenvalue weighted by molar-refractivity contribution is 0.0295. The number of furan rings is 1. The Hall–Kier alpha value is -2.65. The fourth-order valence-electron chi connectivity index (χ4n) is 3.79. The van der Waals surface area contributed by atoms with Gasteiger partial charge in [0, 0.05) is 19.6 Å². The van der Waals surface area contributed by atoms with Crippen molar-refractivity contribution in [3.63, 3.8) is 0 Å². The maximum Gasteiger partial charge on any atom is 0.291 e. The maximum absolute atomic E-state index is 13.0. The molecule has 4 heterocycles. The zero-order chi connectivity index (χ0) is 20.2. The lowest BCUT2D eigenvalue weighted by atomic mass is 10.2. The fourth-order valence-corrected chi connectivity index (χ4v) is 3.79. The van der Waals surface area contributed by atoms with Crippen molar-refractivity contribution in [2.45, 2.75) is 32.9 Å². The normalized spacial score (nSPS) is 17.6. The van der Waals surface area contributed by atoms with Crippen LogP contribution in [0, 0.1) is 0 Å². The average Bonchev–Trinajstić information content (AvgIpc) is 3.49. The number of nitrogens with one attached hydrogen (secondary N) is 1. The first-order chi connectivity index (χ1) is 14.2. The molecule has 156 valence electrons. The molecule has 2 amide bonds. The number of hydrogen-bond donors (Lipinski definition) is 1. The Morgan fingerprint density at radius 1 is 1.14 bits per heavy atom. The van der Waals surface area contributed by atoms with Crippen LogP contribution in [0.5, 0.6) is 0 Å². The third-order valence-electron chi connectivity index (χ3n) is 5.35. The molecular formula is C20H27N5O4. The molecular weight excluding hydrogens is 374 g/mol. The Bertz CT molecular complexity index is 862. The Morgan fingerprint density at radius 2 is 1.90 bits per heavy atom. The molecule has 1 N–H and O–H groups in total. The number of aryl methyl sites for hydroxylation is 1. The van der Waals surface area contributed by atoms with E-state index in [1.54, 1.807) is 15.6 Å². The summed E-state index contributed by atoms with van der Waals surface area (Å²) < 4.78 is 12.7. The minimum atomic E-state index is -0.385. The Labute approximate surface area is 169 Å². The van der Waals surface area contributed by atoms with Crippen molar-refractivity contribution in [1.29, 1.82) is 0 Å². The van der Waals surface area contributed by atoms with Gasteiger partial charge in [-0.15, -0.1) is 0 Å². The van der Waals surface area contributed by atoms with Gasteiger partial charge >= 0.3 is 0 Å². The molecule has 2 aliphatic rings. The van der Waals surface area contributed by atoms with E-state index < -0.39 is 0 Å². The van der Waals surface area contributed by atoms with E-state index in [2.05, 4.69) is 15.3 Å². The maximum atomic E-state index is 13.0. The van der Waals surface area contributed by atoms with E-state index >= 15 is 0 Å². The van der Waals surface area contributed by atoms with Crippen molar-refractivity contribution >= 4 is 17.5 Å². The van der Waals surface area contributed by atoms with Gasteiger partial charge in [0.1, 0.15) is 11.5 Å². The number of carbonyl (C=O) groups excluding carboxylic acids is 2. The highest BCUT2D eigenvalue weighted by Gasteiger charge is 2.26. The van der Waals surface area contributed by atoms with Crippen LogP contribution in [0.3, 0.4) is 0 Å². The predicted molar refractivity (Wildman–Crippen MR) is 106 cm³/mol. The molecule has 2 saturated heterocycles. The quantitative estimate of drug-likeness (QED) is 0.794. The van der Waals surface area contributed by atoms with Crippen LogP contribution >= 0.6 is 0 Å². The smallest absolute Gasteiger partial charge is 0.291 e. The van der Waals surface area contributed by atoms with Gasteiger partial charge < -0.3 is 19.4 Å². The summed E-state index contributed by atoms with van der Waals surface area (Å²) in [6.45, 7) is 7.35. The first-order valence-corrected chi connectivity index (χ1v) is 10.2. The van der Waals surface area contributed by atoms with E-state index in [0.717, 1.165) is 18.8 Å². The number of rotatable bonds is 6.